The number of aromatic nitrogens is 2. The van der Waals surface area contributed by atoms with Gasteiger partial charge in [-0.25, -0.2) is 0 Å². The van der Waals surface area contributed by atoms with Crippen LogP contribution in [0.2, 0.25) is 0 Å². The molecule has 138 valence electrons. The summed E-state index contributed by atoms with van der Waals surface area (Å²) in [4.78, 5) is 14.4. The predicted octanol–water partition coefficient (Wildman–Crippen LogP) is 2.43. The van der Waals surface area contributed by atoms with Gasteiger partial charge in [0.1, 0.15) is 0 Å². The number of carbonyl (C=O) groups is 1. The molecule has 0 aliphatic carbocycles. The molecule has 2 saturated heterocycles. The first-order chi connectivity index (χ1) is 11.9. The van der Waals surface area contributed by atoms with E-state index in [0.29, 0.717) is 25.0 Å². The SMILES string of the molecule is CC(C)(C)c1ccc(OCC2CCN(C(=O)C3CCOC3)CC2)nn1. The highest BCUT2D eigenvalue weighted by Crippen LogP contribution is 2.23. The molecule has 3 heterocycles. The van der Waals surface area contributed by atoms with Gasteiger partial charge in [0.15, 0.2) is 0 Å². The fraction of sp³-hybridized carbons (Fsp3) is 0.737. The number of hydrogen-bond acceptors (Lipinski definition) is 5. The fourth-order valence-electron chi connectivity index (χ4n) is 3.31. The van der Waals surface area contributed by atoms with Crippen LogP contribution in [-0.4, -0.2) is 53.9 Å². The van der Waals surface area contributed by atoms with Crippen molar-refractivity contribution in [2.75, 3.05) is 32.9 Å². The van der Waals surface area contributed by atoms with Crippen molar-refractivity contribution in [2.24, 2.45) is 11.8 Å². The number of likely N-dealkylation sites (tertiary alicyclic amines) is 1. The first-order valence-electron chi connectivity index (χ1n) is 9.27. The van der Waals surface area contributed by atoms with E-state index >= 15 is 0 Å². The maximum Gasteiger partial charge on any atom is 0.233 e. The van der Waals surface area contributed by atoms with Crippen molar-refractivity contribution in [1.29, 1.82) is 0 Å². The molecule has 1 aromatic heterocycles. The van der Waals surface area contributed by atoms with E-state index in [-0.39, 0.29) is 17.2 Å². The zero-order valence-electron chi connectivity index (χ0n) is 15.5. The Labute approximate surface area is 149 Å². The minimum Gasteiger partial charge on any atom is -0.476 e. The minimum absolute atomic E-state index is 0.00471. The second-order valence-corrected chi connectivity index (χ2v) is 8.15. The Bertz CT molecular complexity index is 569. The van der Waals surface area contributed by atoms with Crippen LogP contribution in [0.4, 0.5) is 0 Å². The lowest BCUT2D eigenvalue weighted by atomic mass is 9.92. The molecule has 1 amide bonds. The number of amides is 1. The van der Waals surface area contributed by atoms with Gasteiger partial charge in [0.25, 0.3) is 0 Å². The van der Waals surface area contributed by atoms with E-state index in [1.54, 1.807) is 0 Å². The van der Waals surface area contributed by atoms with E-state index in [4.69, 9.17) is 9.47 Å². The Morgan fingerprint density at radius 3 is 2.56 bits per heavy atom. The molecule has 0 bridgehead atoms. The van der Waals surface area contributed by atoms with Crippen molar-refractivity contribution in [3.63, 3.8) is 0 Å². The molecular weight excluding hydrogens is 318 g/mol. The van der Waals surface area contributed by atoms with Crippen LogP contribution in [0, 0.1) is 11.8 Å². The second kappa shape index (κ2) is 7.68. The second-order valence-electron chi connectivity index (χ2n) is 8.15. The fourth-order valence-corrected chi connectivity index (χ4v) is 3.31. The van der Waals surface area contributed by atoms with Crippen molar-refractivity contribution < 1.29 is 14.3 Å². The Kier molecular flexibility index (Phi) is 5.57. The molecule has 0 N–H and O–H groups in total. The quantitative estimate of drug-likeness (QED) is 0.837. The van der Waals surface area contributed by atoms with E-state index in [1.807, 2.05) is 17.0 Å². The molecule has 2 aliphatic heterocycles. The van der Waals surface area contributed by atoms with Gasteiger partial charge in [-0.1, -0.05) is 20.8 Å². The topological polar surface area (TPSA) is 64.5 Å². The third kappa shape index (κ3) is 4.69. The van der Waals surface area contributed by atoms with Crippen molar-refractivity contribution >= 4 is 5.91 Å². The highest BCUT2D eigenvalue weighted by atomic mass is 16.5. The summed E-state index contributed by atoms with van der Waals surface area (Å²) in [5.41, 5.74) is 0.956. The molecule has 6 nitrogen and oxygen atoms in total. The average molecular weight is 347 g/mol. The van der Waals surface area contributed by atoms with Gasteiger partial charge in [-0.2, -0.15) is 5.10 Å². The van der Waals surface area contributed by atoms with Gasteiger partial charge in [0, 0.05) is 31.2 Å². The Balaban J connectivity index is 1.42. The number of rotatable bonds is 4. The van der Waals surface area contributed by atoms with Gasteiger partial charge < -0.3 is 14.4 Å². The number of ether oxygens (including phenoxy) is 2. The first-order valence-corrected chi connectivity index (χ1v) is 9.27. The van der Waals surface area contributed by atoms with Gasteiger partial charge in [-0.15, -0.1) is 5.10 Å². The number of carbonyl (C=O) groups excluding carboxylic acids is 1. The highest BCUT2D eigenvalue weighted by molar-refractivity contribution is 5.79. The van der Waals surface area contributed by atoms with E-state index in [1.165, 1.54) is 0 Å². The van der Waals surface area contributed by atoms with Crippen LogP contribution in [-0.2, 0) is 14.9 Å². The molecule has 1 unspecified atom stereocenters. The number of hydrogen-bond donors (Lipinski definition) is 0. The first kappa shape index (κ1) is 18.1. The van der Waals surface area contributed by atoms with E-state index < -0.39 is 0 Å². The summed E-state index contributed by atoms with van der Waals surface area (Å²) < 4.78 is 11.1. The molecule has 0 saturated carbocycles. The van der Waals surface area contributed by atoms with Crippen LogP contribution >= 0.6 is 0 Å². The Hall–Kier alpha value is -1.69. The Morgan fingerprint density at radius 2 is 2.00 bits per heavy atom. The zero-order chi connectivity index (χ0) is 17.9. The van der Waals surface area contributed by atoms with Crippen molar-refractivity contribution in [2.45, 2.75) is 45.4 Å². The predicted molar refractivity (Wildman–Crippen MR) is 94.5 cm³/mol. The summed E-state index contributed by atoms with van der Waals surface area (Å²) in [5, 5.41) is 8.43. The van der Waals surface area contributed by atoms with Crippen LogP contribution in [0.1, 0.15) is 45.7 Å². The summed E-state index contributed by atoms with van der Waals surface area (Å²) >= 11 is 0. The van der Waals surface area contributed by atoms with Gasteiger partial charge in [0.05, 0.1) is 24.8 Å². The molecule has 0 spiro atoms. The molecule has 1 aromatic rings. The molecule has 0 aromatic carbocycles. The van der Waals surface area contributed by atoms with E-state index in [2.05, 4.69) is 31.0 Å². The lowest BCUT2D eigenvalue weighted by molar-refractivity contribution is -0.137. The largest absolute Gasteiger partial charge is 0.476 e. The van der Waals surface area contributed by atoms with Crippen molar-refractivity contribution in [3.05, 3.63) is 17.8 Å². The van der Waals surface area contributed by atoms with Crippen LogP contribution in [0.5, 0.6) is 5.88 Å². The summed E-state index contributed by atoms with van der Waals surface area (Å²) in [6.45, 7) is 9.92. The van der Waals surface area contributed by atoms with Crippen LogP contribution < -0.4 is 4.74 Å². The molecule has 3 rings (SSSR count). The highest BCUT2D eigenvalue weighted by Gasteiger charge is 2.30. The third-order valence-electron chi connectivity index (χ3n) is 5.08. The smallest absolute Gasteiger partial charge is 0.233 e. The summed E-state index contributed by atoms with van der Waals surface area (Å²) in [7, 11) is 0. The summed E-state index contributed by atoms with van der Waals surface area (Å²) in [6, 6.07) is 3.87. The lowest BCUT2D eigenvalue weighted by Crippen LogP contribution is -2.42. The molecule has 1 atom stereocenters. The van der Waals surface area contributed by atoms with Gasteiger partial charge >= 0.3 is 0 Å². The maximum absolute atomic E-state index is 12.4. The molecule has 25 heavy (non-hydrogen) atoms. The van der Waals surface area contributed by atoms with Crippen LogP contribution in [0.25, 0.3) is 0 Å². The van der Waals surface area contributed by atoms with Gasteiger partial charge in [-0.05, 0) is 31.2 Å². The Morgan fingerprint density at radius 1 is 1.24 bits per heavy atom. The standard InChI is InChI=1S/C19H29N3O3/c1-19(2,3)16-4-5-17(21-20-16)25-12-14-6-9-22(10-7-14)18(23)15-8-11-24-13-15/h4-5,14-15H,6-13H2,1-3H3. The summed E-state index contributed by atoms with van der Waals surface area (Å²) in [6.07, 6.45) is 2.82. The van der Waals surface area contributed by atoms with Crippen molar-refractivity contribution in [1.82, 2.24) is 15.1 Å². The van der Waals surface area contributed by atoms with Gasteiger partial charge in [0.2, 0.25) is 11.8 Å². The minimum atomic E-state index is -0.00471. The molecule has 2 aliphatic rings. The van der Waals surface area contributed by atoms with Crippen LogP contribution in [0.3, 0.4) is 0 Å². The number of nitrogens with zero attached hydrogens (tertiary/aromatic N) is 3. The molecule has 0 radical (unpaired) electrons. The monoisotopic (exact) mass is 347 g/mol. The maximum atomic E-state index is 12.4. The van der Waals surface area contributed by atoms with Crippen molar-refractivity contribution in [3.8, 4) is 5.88 Å². The van der Waals surface area contributed by atoms with Crippen LogP contribution in [0.15, 0.2) is 12.1 Å². The normalized spacial score (nSPS) is 22.2. The molecular formula is C19H29N3O3. The molecule has 6 heteroatoms. The third-order valence-corrected chi connectivity index (χ3v) is 5.08. The van der Waals surface area contributed by atoms with Gasteiger partial charge in [-0.3, -0.25) is 4.79 Å². The average Bonchev–Trinajstić information content (AvgIpc) is 3.14. The molecule has 2 fully saturated rings. The van der Waals surface area contributed by atoms with E-state index in [0.717, 1.165) is 44.7 Å². The van der Waals surface area contributed by atoms with E-state index in [9.17, 15) is 4.79 Å². The lowest BCUT2D eigenvalue weighted by Gasteiger charge is -2.33. The summed E-state index contributed by atoms with van der Waals surface area (Å²) in [5.74, 6) is 1.38. The zero-order valence-corrected chi connectivity index (χ0v) is 15.5. The number of piperidine rings is 1.